The van der Waals surface area contributed by atoms with Crippen LogP contribution in [-0.4, -0.2) is 18.1 Å². The zero-order valence-electron chi connectivity index (χ0n) is 16.1. The van der Waals surface area contributed by atoms with E-state index in [1.54, 1.807) is 0 Å². The summed E-state index contributed by atoms with van der Waals surface area (Å²) in [7, 11) is 0. The SMILES string of the molecule is Brc1ccc2[nH]c3c(c2c1)CCNC3c1cccc(OCCc2ccccc2)c1. The standard InChI is InChI=1S/C25H23BrN2O/c26-19-9-10-23-22(16-19)21-11-13-27-24(25(21)28-23)18-7-4-8-20(15-18)29-14-12-17-5-2-1-3-6-17/h1-10,15-16,24,27-28H,11-14H2. The minimum Gasteiger partial charge on any atom is -0.493 e. The van der Waals surface area contributed by atoms with Gasteiger partial charge in [-0.15, -0.1) is 0 Å². The van der Waals surface area contributed by atoms with Crippen LogP contribution in [0.25, 0.3) is 10.9 Å². The quantitative estimate of drug-likeness (QED) is 0.407. The summed E-state index contributed by atoms with van der Waals surface area (Å²) in [5.41, 5.74) is 6.41. The van der Waals surface area contributed by atoms with Gasteiger partial charge in [0.2, 0.25) is 0 Å². The molecule has 0 spiro atoms. The summed E-state index contributed by atoms with van der Waals surface area (Å²) >= 11 is 3.61. The maximum absolute atomic E-state index is 6.06. The van der Waals surface area contributed by atoms with Gasteiger partial charge >= 0.3 is 0 Å². The van der Waals surface area contributed by atoms with Gasteiger partial charge in [0.25, 0.3) is 0 Å². The monoisotopic (exact) mass is 446 g/mol. The average Bonchev–Trinajstić information content (AvgIpc) is 3.13. The Kier molecular flexibility index (Phi) is 5.13. The zero-order valence-corrected chi connectivity index (χ0v) is 17.7. The number of benzene rings is 3. The molecule has 3 aromatic carbocycles. The number of H-pyrrole nitrogens is 1. The molecule has 1 unspecified atom stereocenters. The van der Waals surface area contributed by atoms with Crippen molar-refractivity contribution >= 4 is 26.8 Å². The maximum Gasteiger partial charge on any atom is 0.119 e. The Morgan fingerprint density at radius 1 is 0.966 bits per heavy atom. The molecule has 0 aliphatic carbocycles. The number of ether oxygens (including phenoxy) is 1. The molecular formula is C25H23BrN2O. The summed E-state index contributed by atoms with van der Waals surface area (Å²) in [6.45, 7) is 1.65. The predicted molar refractivity (Wildman–Crippen MR) is 122 cm³/mol. The second kappa shape index (κ2) is 8.05. The second-order valence-corrected chi connectivity index (χ2v) is 8.42. The van der Waals surface area contributed by atoms with Crippen molar-refractivity contribution in [1.29, 1.82) is 0 Å². The maximum atomic E-state index is 6.06. The van der Waals surface area contributed by atoms with Gasteiger partial charge in [0.15, 0.2) is 0 Å². The van der Waals surface area contributed by atoms with E-state index in [4.69, 9.17) is 4.74 Å². The van der Waals surface area contributed by atoms with E-state index >= 15 is 0 Å². The van der Waals surface area contributed by atoms with Gasteiger partial charge in [-0.05, 0) is 53.4 Å². The molecule has 4 aromatic rings. The summed E-state index contributed by atoms with van der Waals surface area (Å²) in [6.07, 6.45) is 1.95. The van der Waals surface area contributed by atoms with Gasteiger partial charge in [-0.3, -0.25) is 0 Å². The molecule has 0 bridgehead atoms. The lowest BCUT2D eigenvalue weighted by Gasteiger charge is -2.25. The van der Waals surface area contributed by atoms with Gasteiger partial charge < -0.3 is 15.0 Å². The fourth-order valence-electron chi connectivity index (χ4n) is 4.20. The summed E-state index contributed by atoms with van der Waals surface area (Å²) in [5.74, 6) is 0.922. The largest absolute Gasteiger partial charge is 0.493 e. The summed E-state index contributed by atoms with van der Waals surface area (Å²) in [6, 6.07) is 25.6. The van der Waals surface area contributed by atoms with Gasteiger partial charge in [-0.1, -0.05) is 58.4 Å². The van der Waals surface area contributed by atoms with Crippen LogP contribution >= 0.6 is 15.9 Å². The smallest absolute Gasteiger partial charge is 0.119 e. The molecule has 1 aromatic heterocycles. The van der Waals surface area contributed by atoms with Crippen molar-refractivity contribution in [3.8, 4) is 5.75 Å². The lowest BCUT2D eigenvalue weighted by molar-refractivity contribution is 0.321. The van der Waals surface area contributed by atoms with Crippen molar-refractivity contribution in [2.75, 3.05) is 13.2 Å². The molecule has 5 rings (SSSR count). The fraction of sp³-hybridized carbons (Fsp3) is 0.200. The molecule has 2 N–H and O–H groups in total. The second-order valence-electron chi connectivity index (χ2n) is 7.50. The molecule has 146 valence electrons. The van der Waals surface area contributed by atoms with Crippen LogP contribution in [0.1, 0.15) is 28.4 Å². The van der Waals surface area contributed by atoms with E-state index in [-0.39, 0.29) is 6.04 Å². The molecule has 2 heterocycles. The van der Waals surface area contributed by atoms with Crippen molar-refractivity contribution in [1.82, 2.24) is 10.3 Å². The van der Waals surface area contributed by atoms with Crippen LogP contribution in [-0.2, 0) is 12.8 Å². The molecule has 1 atom stereocenters. The van der Waals surface area contributed by atoms with Crippen molar-refractivity contribution < 1.29 is 4.74 Å². The van der Waals surface area contributed by atoms with Gasteiger partial charge in [0.05, 0.1) is 12.6 Å². The zero-order chi connectivity index (χ0) is 19.6. The minimum atomic E-state index is 0.155. The molecule has 0 radical (unpaired) electrons. The van der Waals surface area contributed by atoms with Crippen LogP contribution in [0, 0.1) is 0 Å². The molecular weight excluding hydrogens is 424 g/mol. The Morgan fingerprint density at radius 3 is 2.76 bits per heavy atom. The lowest BCUT2D eigenvalue weighted by Crippen LogP contribution is -2.30. The number of hydrogen-bond donors (Lipinski definition) is 2. The Hall–Kier alpha value is -2.56. The molecule has 1 aliphatic heterocycles. The summed E-state index contributed by atoms with van der Waals surface area (Å²) in [4.78, 5) is 3.65. The first kappa shape index (κ1) is 18.5. The van der Waals surface area contributed by atoms with Crippen LogP contribution in [0.2, 0.25) is 0 Å². The molecule has 3 nitrogen and oxygen atoms in total. The fourth-order valence-corrected chi connectivity index (χ4v) is 4.56. The first-order valence-electron chi connectivity index (χ1n) is 10.1. The van der Waals surface area contributed by atoms with Crippen LogP contribution in [0.3, 0.4) is 0 Å². The number of hydrogen-bond acceptors (Lipinski definition) is 2. The van der Waals surface area contributed by atoms with Gasteiger partial charge in [0, 0.05) is 34.0 Å². The summed E-state index contributed by atoms with van der Waals surface area (Å²) in [5, 5.41) is 4.99. The van der Waals surface area contributed by atoms with E-state index in [0.717, 1.165) is 29.6 Å². The van der Waals surface area contributed by atoms with Gasteiger partial charge in [-0.2, -0.15) is 0 Å². The topological polar surface area (TPSA) is 37.0 Å². The average molecular weight is 447 g/mol. The molecule has 29 heavy (non-hydrogen) atoms. The van der Waals surface area contributed by atoms with Crippen LogP contribution in [0.4, 0.5) is 0 Å². The lowest BCUT2D eigenvalue weighted by atomic mass is 9.94. The van der Waals surface area contributed by atoms with E-state index in [0.29, 0.717) is 6.61 Å². The van der Waals surface area contributed by atoms with Crippen molar-refractivity contribution in [2.45, 2.75) is 18.9 Å². The number of aromatic nitrogens is 1. The highest BCUT2D eigenvalue weighted by Crippen LogP contribution is 2.35. The number of aromatic amines is 1. The van der Waals surface area contributed by atoms with E-state index < -0.39 is 0 Å². The Bertz CT molecular complexity index is 1140. The Morgan fingerprint density at radius 2 is 1.86 bits per heavy atom. The van der Waals surface area contributed by atoms with Gasteiger partial charge in [0.1, 0.15) is 5.75 Å². The normalized spacial score (nSPS) is 16.0. The van der Waals surface area contributed by atoms with Crippen LogP contribution in [0.15, 0.2) is 77.3 Å². The van der Waals surface area contributed by atoms with E-state index in [2.05, 4.69) is 86.9 Å². The third kappa shape index (κ3) is 3.83. The van der Waals surface area contributed by atoms with E-state index in [9.17, 15) is 0 Å². The van der Waals surface area contributed by atoms with Crippen LogP contribution in [0.5, 0.6) is 5.75 Å². The predicted octanol–water partition coefficient (Wildman–Crippen LogP) is 5.79. The third-order valence-corrected chi connectivity index (χ3v) is 6.10. The number of halogens is 1. The first-order valence-corrected chi connectivity index (χ1v) is 10.9. The molecule has 0 fully saturated rings. The summed E-state index contributed by atoms with van der Waals surface area (Å²) < 4.78 is 7.18. The number of rotatable bonds is 5. The number of nitrogens with one attached hydrogen (secondary N) is 2. The first-order chi connectivity index (χ1) is 14.3. The number of fused-ring (bicyclic) bond motifs is 3. The van der Waals surface area contributed by atoms with E-state index in [1.807, 2.05) is 12.1 Å². The van der Waals surface area contributed by atoms with Gasteiger partial charge in [-0.25, -0.2) is 0 Å². The highest BCUT2D eigenvalue weighted by atomic mass is 79.9. The highest BCUT2D eigenvalue weighted by molar-refractivity contribution is 9.10. The molecule has 0 amide bonds. The van der Waals surface area contributed by atoms with E-state index in [1.165, 1.54) is 33.3 Å². The van der Waals surface area contributed by atoms with Crippen molar-refractivity contribution in [3.63, 3.8) is 0 Å². The molecule has 1 aliphatic rings. The van der Waals surface area contributed by atoms with Crippen molar-refractivity contribution in [3.05, 3.63) is 99.7 Å². The Labute approximate surface area is 179 Å². The van der Waals surface area contributed by atoms with Crippen LogP contribution < -0.4 is 10.1 Å². The Balaban J connectivity index is 1.38. The van der Waals surface area contributed by atoms with Crippen molar-refractivity contribution in [2.24, 2.45) is 0 Å². The minimum absolute atomic E-state index is 0.155. The molecule has 0 saturated carbocycles. The molecule has 0 saturated heterocycles. The highest BCUT2D eigenvalue weighted by Gasteiger charge is 2.25. The third-order valence-electron chi connectivity index (χ3n) is 5.61. The molecule has 4 heteroatoms.